The van der Waals surface area contributed by atoms with Gasteiger partial charge >= 0.3 is 0 Å². The van der Waals surface area contributed by atoms with Crippen LogP contribution in [-0.4, -0.2) is 13.0 Å². The van der Waals surface area contributed by atoms with Crippen LogP contribution in [0.3, 0.4) is 0 Å². The summed E-state index contributed by atoms with van der Waals surface area (Å²) in [6.07, 6.45) is 0. The molecule has 0 unspecified atom stereocenters. The minimum atomic E-state index is -0.702. The fourth-order valence-corrected chi connectivity index (χ4v) is 0.910. The molecule has 3 nitrogen and oxygen atoms in total. The number of hydrogen-bond donors (Lipinski definition) is 1. The molecule has 0 spiro atoms. The van der Waals surface area contributed by atoms with Crippen molar-refractivity contribution in [2.45, 2.75) is 0 Å². The van der Waals surface area contributed by atoms with Gasteiger partial charge in [-0.25, -0.2) is 4.39 Å². The van der Waals surface area contributed by atoms with Gasteiger partial charge in [0.2, 0.25) is 0 Å². The molecular formula is C8H8FNO2. The summed E-state index contributed by atoms with van der Waals surface area (Å²) in [7, 11) is 1.28. The van der Waals surface area contributed by atoms with Crippen LogP contribution in [0.4, 0.5) is 4.39 Å². The number of halogens is 1. The number of benzene rings is 1. The van der Waals surface area contributed by atoms with Gasteiger partial charge < -0.3 is 10.5 Å². The smallest absolute Gasteiger partial charge is 0.252 e. The zero-order valence-electron chi connectivity index (χ0n) is 6.50. The van der Waals surface area contributed by atoms with Gasteiger partial charge in [-0.15, -0.1) is 0 Å². The molecule has 0 aliphatic heterocycles. The van der Waals surface area contributed by atoms with Crippen molar-refractivity contribution in [3.8, 4) is 5.75 Å². The summed E-state index contributed by atoms with van der Waals surface area (Å²) in [5.41, 5.74) is 5.03. The minimum Gasteiger partial charge on any atom is -0.493 e. The van der Waals surface area contributed by atoms with Crippen LogP contribution in [0.1, 0.15) is 10.4 Å². The third kappa shape index (κ3) is 1.37. The van der Waals surface area contributed by atoms with E-state index in [-0.39, 0.29) is 11.3 Å². The number of nitrogens with two attached hydrogens (primary N) is 1. The first-order valence-electron chi connectivity index (χ1n) is 3.29. The lowest BCUT2D eigenvalue weighted by molar-refractivity contribution is 0.0996. The molecule has 0 saturated heterocycles. The maximum atomic E-state index is 12.9. The average Bonchev–Trinajstić information content (AvgIpc) is 2.03. The van der Waals surface area contributed by atoms with Crippen molar-refractivity contribution < 1.29 is 13.9 Å². The van der Waals surface area contributed by atoms with Gasteiger partial charge in [-0.1, -0.05) is 6.07 Å². The van der Waals surface area contributed by atoms with E-state index >= 15 is 0 Å². The Hall–Kier alpha value is -1.58. The first-order chi connectivity index (χ1) is 5.66. The van der Waals surface area contributed by atoms with Crippen LogP contribution in [0.15, 0.2) is 18.2 Å². The first-order valence-corrected chi connectivity index (χ1v) is 3.29. The van der Waals surface area contributed by atoms with E-state index in [0.717, 1.165) is 0 Å². The third-order valence-electron chi connectivity index (χ3n) is 1.44. The number of carbonyl (C=O) groups is 1. The van der Waals surface area contributed by atoms with Crippen molar-refractivity contribution in [2.75, 3.05) is 7.11 Å². The molecule has 1 aromatic carbocycles. The number of amides is 1. The molecule has 0 aromatic heterocycles. The molecule has 1 amide bonds. The highest BCUT2D eigenvalue weighted by Gasteiger charge is 2.11. The monoisotopic (exact) mass is 169 g/mol. The molecule has 0 heterocycles. The lowest BCUT2D eigenvalue weighted by atomic mass is 10.2. The van der Waals surface area contributed by atoms with Gasteiger partial charge in [0.15, 0.2) is 11.6 Å². The van der Waals surface area contributed by atoms with Crippen LogP contribution in [0.2, 0.25) is 0 Å². The standard InChI is InChI=1S/C8H8FNO2/c1-12-7-5(8(10)11)3-2-4-6(7)9/h2-4H,1H3,(H2,10,11). The van der Waals surface area contributed by atoms with Crippen LogP contribution in [-0.2, 0) is 0 Å². The summed E-state index contributed by atoms with van der Waals surface area (Å²) in [4.78, 5) is 10.7. The number of rotatable bonds is 2. The van der Waals surface area contributed by atoms with E-state index in [4.69, 9.17) is 5.73 Å². The molecule has 12 heavy (non-hydrogen) atoms. The van der Waals surface area contributed by atoms with E-state index in [1.54, 1.807) is 0 Å². The largest absolute Gasteiger partial charge is 0.493 e. The van der Waals surface area contributed by atoms with Gasteiger partial charge in [-0.05, 0) is 12.1 Å². The SMILES string of the molecule is COc1c(F)cccc1C(N)=O. The zero-order chi connectivity index (χ0) is 9.14. The number of primary amides is 1. The van der Waals surface area contributed by atoms with E-state index in [1.165, 1.54) is 25.3 Å². The minimum absolute atomic E-state index is 0.0532. The zero-order valence-corrected chi connectivity index (χ0v) is 6.50. The third-order valence-corrected chi connectivity index (χ3v) is 1.44. The molecule has 1 aromatic rings. The first kappa shape index (κ1) is 8.52. The second-order valence-corrected chi connectivity index (χ2v) is 2.18. The van der Waals surface area contributed by atoms with Crippen molar-refractivity contribution in [3.05, 3.63) is 29.6 Å². The molecule has 64 valence electrons. The molecule has 0 atom stereocenters. The Bertz CT molecular complexity index is 312. The van der Waals surface area contributed by atoms with Crippen molar-refractivity contribution in [3.63, 3.8) is 0 Å². The maximum Gasteiger partial charge on any atom is 0.252 e. The Balaban J connectivity index is 3.27. The van der Waals surface area contributed by atoms with E-state index < -0.39 is 11.7 Å². The lowest BCUT2D eigenvalue weighted by Gasteiger charge is -2.04. The van der Waals surface area contributed by atoms with Gasteiger partial charge in [0.1, 0.15) is 0 Å². The lowest BCUT2D eigenvalue weighted by Crippen LogP contribution is -2.12. The normalized spacial score (nSPS) is 9.50. The number of para-hydroxylation sites is 1. The second kappa shape index (κ2) is 3.21. The van der Waals surface area contributed by atoms with Gasteiger partial charge in [0.25, 0.3) is 5.91 Å². The maximum absolute atomic E-state index is 12.9. The fraction of sp³-hybridized carbons (Fsp3) is 0.125. The topological polar surface area (TPSA) is 52.3 Å². The summed E-state index contributed by atoms with van der Waals surface area (Å²) in [5.74, 6) is -1.40. The van der Waals surface area contributed by atoms with Crippen molar-refractivity contribution in [1.29, 1.82) is 0 Å². The quantitative estimate of drug-likeness (QED) is 0.716. The number of methoxy groups -OCH3 is 1. The molecule has 0 bridgehead atoms. The van der Waals surface area contributed by atoms with E-state index in [0.29, 0.717) is 0 Å². The van der Waals surface area contributed by atoms with E-state index in [2.05, 4.69) is 4.74 Å². The number of ether oxygens (including phenoxy) is 1. The Morgan fingerprint density at radius 3 is 2.67 bits per heavy atom. The van der Waals surface area contributed by atoms with E-state index in [9.17, 15) is 9.18 Å². The number of hydrogen-bond acceptors (Lipinski definition) is 2. The molecule has 1 rings (SSSR count). The predicted molar refractivity (Wildman–Crippen MR) is 41.5 cm³/mol. The van der Waals surface area contributed by atoms with Crippen LogP contribution >= 0.6 is 0 Å². The molecular weight excluding hydrogens is 161 g/mol. The second-order valence-electron chi connectivity index (χ2n) is 2.18. The highest BCUT2D eigenvalue weighted by atomic mass is 19.1. The van der Waals surface area contributed by atoms with Crippen molar-refractivity contribution in [2.24, 2.45) is 5.73 Å². The molecule has 0 fully saturated rings. The Labute approximate surface area is 68.9 Å². The predicted octanol–water partition coefficient (Wildman–Crippen LogP) is 0.933. The summed E-state index contributed by atoms with van der Waals surface area (Å²) in [6, 6.07) is 4.01. The molecule has 2 N–H and O–H groups in total. The number of carbonyl (C=O) groups excluding carboxylic acids is 1. The van der Waals surface area contributed by atoms with Crippen molar-refractivity contribution in [1.82, 2.24) is 0 Å². The Kier molecular flexibility index (Phi) is 2.28. The summed E-state index contributed by atoms with van der Waals surface area (Å²) < 4.78 is 17.5. The van der Waals surface area contributed by atoms with Gasteiger partial charge in [-0.3, -0.25) is 4.79 Å². The molecule has 0 saturated carbocycles. The van der Waals surface area contributed by atoms with E-state index in [1.807, 2.05) is 0 Å². The fourth-order valence-electron chi connectivity index (χ4n) is 0.910. The van der Waals surface area contributed by atoms with Gasteiger partial charge in [-0.2, -0.15) is 0 Å². The van der Waals surface area contributed by atoms with Crippen LogP contribution in [0.5, 0.6) is 5.75 Å². The Morgan fingerprint density at radius 1 is 1.58 bits per heavy atom. The van der Waals surface area contributed by atoms with Crippen LogP contribution < -0.4 is 10.5 Å². The summed E-state index contributed by atoms with van der Waals surface area (Å²) in [5, 5.41) is 0. The molecule has 4 heteroatoms. The van der Waals surface area contributed by atoms with Gasteiger partial charge in [0.05, 0.1) is 12.7 Å². The van der Waals surface area contributed by atoms with Crippen LogP contribution in [0.25, 0.3) is 0 Å². The summed E-state index contributed by atoms with van der Waals surface area (Å²) in [6.45, 7) is 0. The van der Waals surface area contributed by atoms with Crippen molar-refractivity contribution >= 4 is 5.91 Å². The molecule has 0 aliphatic carbocycles. The van der Waals surface area contributed by atoms with Gasteiger partial charge in [0, 0.05) is 0 Å². The van der Waals surface area contributed by atoms with Crippen LogP contribution in [0, 0.1) is 5.82 Å². The summed E-state index contributed by atoms with van der Waals surface area (Å²) >= 11 is 0. The highest BCUT2D eigenvalue weighted by molar-refractivity contribution is 5.95. The average molecular weight is 169 g/mol. The molecule has 0 aliphatic rings. The highest BCUT2D eigenvalue weighted by Crippen LogP contribution is 2.21. The Morgan fingerprint density at radius 2 is 2.25 bits per heavy atom. The molecule has 0 radical (unpaired) electrons.